The Hall–Kier alpha value is -0.940. The first-order valence-electron chi connectivity index (χ1n) is 4.80. The molecule has 1 unspecified atom stereocenters. The maximum absolute atomic E-state index is 5.46. The predicted octanol–water partition coefficient (Wildman–Crippen LogP) is 0.929. The van der Waals surface area contributed by atoms with Crippen molar-refractivity contribution in [2.45, 2.75) is 25.8 Å². The van der Waals surface area contributed by atoms with Crippen LogP contribution < -0.4 is 5.32 Å². The lowest BCUT2D eigenvalue weighted by molar-refractivity contribution is 0.194. The zero-order valence-electron chi connectivity index (χ0n) is 8.91. The Balaban J connectivity index is 2.57. The molecule has 5 heteroatoms. The minimum atomic E-state index is 0.152. The van der Waals surface area contributed by atoms with Gasteiger partial charge in [-0.05, 0) is 13.5 Å². The van der Waals surface area contributed by atoms with Gasteiger partial charge in [-0.2, -0.15) is 0 Å². The average Bonchev–Trinajstić information content (AvgIpc) is 2.65. The van der Waals surface area contributed by atoms with Crippen molar-refractivity contribution in [3.63, 3.8) is 0 Å². The van der Waals surface area contributed by atoms with Crippen molar-refractivity contribution in [1.29, 1.82) is 0 Å². The Morgan fingerprint density at radius 2 is 2.29 bits per heavy atom. The SMILES string of the molecule is CCC(NC)c1nnc(CCOC)o1. The van der Waals surface area contributed by atoms with Crippen LogP contribution in [0.2, 0.25) is 0 Å². The van der Waals surface area contributed by atoms with E-state index in [1.54, 1.807) is 7.11 Å². The normalized spacial score (nSPS) is 13.1. The molecule has 5 nitrogen and oxygen atoms in total. The average molecular weight is 199 g/mol. The van der Waals surface area contributed by atoms with E-state index >= 15 is 0 Å². The van der Waals surface area contributed by atoms with E-state index in [1.807, 2.05) is 7.05 Å². The van der Waals surface area contributed by atoms with Gasteiger partial charge in [-0.15, -0.1) is 10.2 Å². The highest BCUT2D eigenvalue weighted by Crippen LogP contribution is 2.14. The summed E-state index contributed by atoms with van der Waals surface area (Å²) in [4.78, 5) is 0. The van der Waals surface area contributed by atoms with Gasteiger partial charge in [-0.1, -0.05) is 6.92 Å². The van der Waals surface area contributed by atoms with Crippen LogP contribution >= 0.6 is 0 Å². The van der Waals surface area contributed by atoms with Crippen molar-refractivity contribution >= 4 is 0 Å². The summed E-state index contributed by atoms with van der Waals surface area (Å²) in [5, 5.41) is 11.0. The molecule has 1 atom stereocenters. The zero-order chi connectivity index (χ0) is 10.4. The minimum absolute atomic E-state index is 0.152. The van der Waals surface area contributed by atoms with Crippen LogP contribution in [0, 0.1) is 0 Å². The van der Waals surface area contributed by atoms with Gasteiger partial charge in [0.1, 0.15) is 0 Å². The molecule has 1 rings (SSSR count). The monoisotopic (exact) mass is 199 g/mol. The molecule has 0 saturated carbocycles. The second kappa shape index (κ2) is 5.72. The van der Waals surface area contributed by atoms with E-state index in [0.717, 1.165) is 6.42 Å². The first-order chi connectivity index (χ1) is 6.81. The smallest absolute Gasteiger partial charge is 0.233 e. The molecular weight excluding hydrogens is 182 g/mol. The highest BCUT2D eigenvalue weighted by molar-refractivity contribution is 4.89. The minimum Gasteiger partial charge on any atom is -0.423 e. The van der Waals surface area contributed by atoms with Crippen LogP contribution in [-0.2, 0) is 11.2 Å². The maximum Gasteiger partial charge on any atom is 0.233 e. The maximum atomic E-state index is 5.46. The molecule has 1 N–H and O–H groups in total. The van der Waals surface area contributed by atoms with Gasteiger partial charge in [0.15, 0.2) is 0 Å². The van der Waals surface area contributed by atoms with Crippen molar-refractivity contribution in [2.75, 3.05) is 20.8 Å². The fraction of sp³-hybridized carbons (Fsp3) is 0.778. The molecule has 0 bridgehead atoms. The number of methoxy groups -OCH3 is 1. The third-order valence-corrected chi connectivity index (χ3v) is 2.06. The van der Waals surface area contributed by atoms with E-state index < -0.39 is 0 Å². The number of rotatable bonds is 6. The van der Waals surface area contributed by atoms with Gasteiger partial charge in [0.05, 0.1) is 12.6 Å². The van der Waals surface area contributed by atoms with Crippen LogP contribution in [-0.4, -0.2) is 31.0 Å². The summed E-state index contributed by atoms with van der Waals surface area (Å²) in [5.41, 5.74) is 0. The molecule has 1 aromatic heterocycles. The summed E-state index contributed by atoms with van der Waals surface area (Å²) in [6, 6.07) is 0.152. The standard InChI is InChI=1S/C9H17N3O2/c1-4-7(10-2)9-12-11-8(14-9)5-6-13-3/h7,10H,4-6H2,1-3H3. The van der Waals surface area contributed by atoms with Gasteiger partial charge in [0, 0.05) is 13.5 Å². The topological polar surface area (TPSA) is 60.2 Å². The molecule has 0 aliphatic rings. The molecule has 0 spiro atoms. The molecule has 0 radical (unpaired) electrons. The molecule has 0 aliphatic carbocycles. The van der Waals surface area contributed by atoms with Gasteiger partial charge in [-0.3, -0.25) is 0 Å². The highest BCUT2D eigenvalue weighted by Gasteiger charge is 2.14. The molecule has 0 fully saturated rings. The molecule has 80 valence electrons. The van der Waals surface area contributed by atoms with Crippen LogP contribution in [0.4, 0.5) is 0 Å². The van der Waals surface area contributed by atoms with E-state index in [9.17, 15) is 0 Å². The molecule has 0 aliphatic heterocycles. The van der Waals surface area contributed by atoms with Gasteiger partial charge in [0.25, 0.3) is 0 Å². The fourth-order valence-corrected chi connectivity index (χ4v) is 1.20. The van der Waals surface area contributed by atoms with Crippen LogP contribution in [0.25, 0.3) is 0 Å². The molecule has 0 aromatic carbocycles. The zero-order valence-corrected chi connectivity index (χ0v) is 8.91. The Kier molecular flexibility index (Phi) is 4.55. The third kappa shape index (κ3) is 2.78. The van der Waals surface area contributed by atoms with Crippen molar-refractivity contribution in [3.05, 3.63) is 11.8 Å². The van der Waals surface area contributed by atoms with E-state index in [1.165, 1.54) is 0 Å². The van der Waals surface area contributed by atoms with Crippen molar-refractivity contribution in [2.24, 2.45) is 0 Å². The van der Waals surface area contributed by atoms with E-state index in [4.69, 9.17) is 9.15 Å². The summed E-state index contributed by atoms with van der Waals surface area (Å²) >= 11 is 0. The van der Waals surface area contributed by atoms with Gasteiger partial charge >= 0.3 is 0 Å². The van der Waals surface area contributed by atoms with Crippen molar-refractivity contribution in [1.82, 2.24) is 15.5 Å². The quantitative estimate of drug-likeness (QED) is 0.738. The number of aromatic nitrogens is 2. The van der Waals surface area contributed by atoms with E-state index in [-0.39, 0.29) is 6.04 Å². The van der Waals surface area contributed by atoms with Crippen LogP contribution in [0.3, 0.4) is 0 Å². The lowest BCUT2D eigenvalue weighted by atomic mass is 10.2. The molecular formula is C9H17N3O2. The summed E-state index contributed by atoms with van der Waals surface area (Å²) in [6.45, 7) is 2.68. The number of hydrogen-bond donors (Lipinski definition) is 1. The lowest BCUT2D eigenvalue weighted by Gasteiger charge is -2.06. The van der Waals surface area contributed by atoms with Gasteiger partial charge in [0.2, 0.25) is 11.8 Å². The van der Waals surface area contributed by atoms with E-state index in [2.05, 4.69) is 22.4 Å². The summed E-state index contributed by atoms with van der Waals surface area (Å²) in [6.07, 6.45) is 1.60. The Morgan fingerprint density at radius 1 is 1.50 bits per heavy atom. The lowest BCUT2D eigenvalue weighted by Crippen LogP contribution is -2.15. The molecule has 1 heterocycles. The highest BCUT2D eigenvalue weighted by atomic mass is 16.5. The summed E-state index contributed by atoms with van der Waals surface area (Å²) in [7, 11) is 3.53. The van der Waals surface area contributed by atoms with Gasteiger partial charge in [-0.25, -0.2) is 0 Å². The number of ether oxygens (including phenoxy) is 1. The largest absolute Gasteiger partial charge is 0.423 e. The van der Waals surface area contributed by atoms with Crippen molar-refractivity contribution < 1.29 is 9.15 Å². The second-order valence-corrected chi connectivity index (χ2v) is 3.03. The first kappa shape index (κ1) is 11.1. The molecule has 0 saturated heterocycles. The number of nitrogens with one attached hydrogen (secondary N) is 1. The molecule has 0 amide bonds. The predicted molar refractivity (Wildman–Crippen MR) is 52.0 cm³/mol. The van der Waals surface area contributed by atoms with E-state index in [0.29, 0.717) is 24.8 Å². The Labute approximate surface area is 83.9 Å². The van der Waals surface area contributed by atoms with Crippen LogP contribution in [0.1, 0.15) is 31.2 Å². The Bertz CT molecular complexity index is 258. The fourth-order valence-electron chi connectivity index (χ4n) is 1.20. The third-order valence-electron chi connectivity index (χ3n) is 2.06. The number of hydrogen-bond acceptors (Lipinski definition) is 5. The second-order valence-electron chi connectivity index (χ2n) is 3.03. The first-order valence-corrected chi connectivity index (χ1v) is 4.80. The van der Waals surface area contributed by atoms with Crippen LogP contribution in [0.15, 0.2) is 4.42 Å². The summed E-state index contributed by atoms with van der Waals surface area (Å²) in [5.74, 6) is 1.29. The number of nitrogens with zero attached hydrogens (tertiary/aromatic N) is 2. The molecule has 1 aromatic rings. The molecule has 14 heavy (non-hydrogen) atoms. The Morgan fingerprint density at radius 3 is 2.86 bits per heavy atom. The van der Waals surface area contributed by atoms with Crippen molar-refractivity contribution in [3.8, 4) is 0 Å². The van der Waals surface area contributed by atoms with Gasteiger partial charge < -0.3 is 14.5 Å². The summed E-state index contributed by atoms with van der Waals surface area (Å²) < 4.78 is 10.4. The van der Waals surface area contributed by atoms with Crippen LogP contribution in [0.5, 0.6) is 0 Å².